The van der Waals surface area contributed by atoms with Crippen LogP contribution >= 0.6 is 11.8 Å². The molecule has 1 unspecified atom stereocenters. The lowest BCUT2D eigenvalue weighted by molar-refractivity contribution is -0.144. The smallest absolute Gasteiger partial charge is 0.446 e. The van der Waals surface area contributed by atoms with E-state index in [0.29, 0.717) is 13.0 Å². The minimum atomic E-state index is -4.30. The number of alkyl halides is 3. The van der Waals surface area contributed by atoms with Crippen molar-refractivity contribution in [3.8, 4) is 0 Å². The molecule has 0 spiro atoms. The van der Waals surface area contributed by atoms with Crippen molar-refractivity contribution in [1.29, 1.82) is 0 Å². The molecule has 0 fully saturated rings. The first kappa shape index (κ1) is 17.8. The summed E-state index contributed by atoms with van der Waals surface area (Å²) in [6, 6.07) is 5.89. The molecule has 0 aromatic heterocycles. The van der Waals surface area contributed by atoms with Gasteiger partial charge in [0, 0.05) is 11.4 Å². The zero-order valence-corrected chi connectivity index (χ0v) is 12.6. The summed E-state index contributed by atoms with van der Waals surface area (Å²) in [6.07, 6.45) is 1.20. The van der Waals surface area contributed by atoms with Crippen molar-refractivity contribution < 1.29 is 23.1 Å². The second-order valence-corrected chi connectivity index (χ2v) is 6.07. The minimum absolute atomic E-state index is 0.112. The van der Waals surface area contributed by atoms with Gasteiger partial charge in [0.15, 0.2) is 0 Å². The molecule has 1 aromatic carbocycles. The van der Waals surface area contributed by atoms with Crippen LogP contribution in [-0.2, 0) is 11.3 Å². The first-order valence-electron chi connectivity index (χ1n) is 6.49. The molecule has 0 aliphatic heterocycles. The number of carbonyl (C=O) groups is 1. The van der Waals surface area contributed by atoms with Crippen molar-refractivity contribution in [3.05, 3.63) is 29.8 Å². The third-order valence-electron chi connectivity index (χ3n) is 3.06. The van der Waals surface area contributed by atoms with Crippen LogP contribution in [0.25, 0.3) is 0 Å². The number of carboxylic acids is 1. The highest BCUT2D eigenvalue weighted by Gasteiger charge is 2.31. The van der Waals surface area contributed by atoms with Crippen LogP contribution in [0.4, 0.5) is 13.2 Å². The Hall–Kier alpha value is -1.21. The molecule has 0 radical (unpaired) electrons. The lowest BCUT2D eigenvalue weighted by atomic mass is 9.96. The maximum absolute atomic E-state index is 12.2. The molecule has 7 heteroatoms. The SMILES string of the molecule is CCCC(C)(NCc1ccc(SC(F)(F)F)cc1)C(=O)O. The highest BCUT2D eigenvalue weighted by atomic mass is 32.2. The normalized spacial score (nSPS) is 14.7. The topological polar surface area (TPSA) is 49.3 Å². The Labute approximate surface area is 125 Å². The Bertz CT molecular complexity index is 476. The number of carboxylic acid groups (broad SMARTS) is 1. The third-order valence-corrected chi connectivity index (χ3v) is 3.80. The molecule has 0 bridgehead atoms. The highest BCUT2D eigenvalue weighted by molar-refractivity contribution is 8.00. The fraction of sp³-hybridized carbons (Fsp3) is 0.500. The van der Waals surface area contributed by atoms with Crippen LogP contribution in [0.15, 0.2) is 29.2 Å². The van der Waals surface area contributed by atoms with Gasteiger partial charge >= 0.3 is 11.5 Å². The highest BCUT2D eigenvalue weighted by Crippen LogP contribution is 2.36. The lowest BCUT2D eigenvalue weighted by Gasteiger charge is -2.26. The van der Waals surface area contributed by atoms with E-state index in [2.05, 4.69) is 5.32 Å². The van der Waals surface area contributed by atoms with Gasteiger partial charge in [-0.25, -0.2) is 0 Å². The van der Waals surface area contributed by atoms with Crippen LogP contribution in [0.1, 0.15) is 32.3 Å². The number of aliphatic carboxylic acids is 1. The number of rotatable bonds is 7. The van der Waals surface area contributed by atoms with Gasteiger partial charge in [0.1, 0.15) is 5.54 Å². The number of benzene rings is 1. The molecular formula is C14H18F3NO2S. The Morgan fingerprint density at radius 1 is 1.29 bits per heavy atom. The average Bonchev–Trinajstić information content (AvgIpc) is 2.36. The van der Waals surface area contributed by atoms with E-state index in [1.807, 2.05) is 6.92 Å². The van der Waals surface area contributed by atoms with Crippen LogP contribution < -0.4 is 5.32 Å². The lowest BCUT2D eigenvalue weighted by Crippen LogP contribution is -2.48. The van der Waals surface area contributed by atoms with Gasteiger partial charge in [0.05, 0.1) is 0 Å². The van der Waals surface area contributed by atoms with E-state index < -0.39 is 17.0 Å². The van der Waals surface area contributed by atoms with Gasteiger partial charge in [-0.05, 0) is 42.8 Å². The molecular weight excluding hydrogens is 303 g/mol. The minimum Gasteiger partial charge on any atom is -0.480 e. The fourth-order valence-electron chi connectivity index (χ4n) is 1.88. The number of nitrogens with one attached hydrogen (secondary N) is 1. The molecule has 1 rings (SSSR count). The molecule has 1 atom stereocenters. The summed E-state index contributed by atoms with van der Waals surface area (Å²) in [4.78, 5) is 11.4. The molecule has 2 N–H and O–H groups in total. The van der Waals surface area contributed by atoms with E-state index in [-0.39, 0.29) is 16.7 Å². The Morgan fingerprint density at radius 2 is 1.86 bits per heavy atom. The van der Waals surface area contributed by atoms with E-state index in [0.717, 1.165) is 12.0 Å². The summed E-state index contributed by atoms with van der Waals surface area (Å²) in [7, 11) is 0. The zero-order chi connectivity index (χ0) is 16.1. The van der Waals surface area contributed by atoms with E-state index in [1.165, 1.54) is 12.1 Å². The predicted octanol–water partition coefficient (Wildman–Crippen LogP) is 4.03. The van der Waals surface area contributed by atoms with Crippen molar-refractivity contribution >= 4 is 17.7 Å². The molecule has 0 saturated carbocycles. The van der Waals surface area contributed by atoms with Crippen LogP contribution in [0.2, 0.25) is 0 Å². The summed E-state index contributed by atoms with van der Waals surface area (Å²) in [5, 5.41) is 12.2. The average molecular weight is 321 g/mol. The predicted molar refractivity (Wildman–Crippen MR) is 76.1 cm³/mol. The third kappa shape index (κ3) is 5.97. The van der Waals surface area contributed by atoms with E-state index in [1.54, 1.807) is 19.1 Å². The maximum atomic E-state index is 12.2. The van der Waals surface area contributed by atoms with Gasteiger partial charge in [0.25, 0.3) is 0 Å². The number of thioether (sulfide) groups is 1. The number of hydrogen-bond acceptors (Lipinski definition) is 3. The molecule has 118 valence electrons. The summed E-state index contributed by atoms with van der Waals surface area (Å²) in [6.45, 7) is 3.79. The van der Waals surface area contributed by atoms with Gasteiger partial charge in [0.2, 0.25) is 0 Å². The zero-order valence-electron chi connectivity index (χ0n) is 11.8. The summed E-state index contributed by atoms with van der Waals surface area (Å²) < 4.78 is 36.6. The first-order valence-corrected chi connectivity index (χ1v) is 7.31. The van der Waals surface area contributed by atoms with Gasteiger partial charge in [-0.1, -0.05) is 25.5 Å². The van der Waals surface area contributed by atoms with E-state index >= 15 is 0 Å². The fourth-order valence-corrected chi connectivity index (χ4v) is 2.42. The van der Waals surface area contributed by atoms with Gasteiger partial charge in [-0.3, -0.25) is 10.1 Å². The second kappa shape index (κ2) is 7.17. The molecule has 21 heavy (non-hydrogen) atoms. The Morgan fingerprint density at radius 3 is 2.29 bits per heavy atom. The molecule has 0 aliphatic carbocycles. The van der Waals surface area contributed by atoms with Crippen molar-refractivity contribution in [2.24, 2.45) is 0 Å². The van der Waals surface area contributed by atoms with Crippen LogP contribution in [0, 0.1) is 0 Å². The van der Waals surface area contributed by atoms with E-state index in [9.17, 15) is 23.1 Å². The molecule has 0 amide bonds. The van der Waals surface area contributed by atoms with Gasteiger partial charge in [-0.15, -0.1) is 0 Å². The standard InChI is InChI=1S/C14H18F3NO2S/c1-3-8-13(2,12(19)20)18-9-10-4-6-11(7-5-10)21-14(15,16)17/h4-7,18H,3,8-9H2,1-2H3,(H,19,20). The molecule has 3 nitrogen and oxygen atoms in total. The number of halogens is 3. The second-order valence-electron chi connectivity index (χ2n) is 4.93. The Kier molecular flexibility index (Phi) is 6.10. The molecule has 0 aliphatic rings. The molecule has 1 aromatic rings. The van der Waals surface area contributed by atoms with Gasteiger partial charge < -0.3 is 5.11 Å². The van der Waals surface area contributed by atoms with Gasteiger partial charge in [-0.2, -0.15) is 13.2 Å². The van der Waals surface area contributed by atoms with Crippen molar-refractivity contribution in [2.45, 2.75) is 49.2 Å². The molecule has 0 saturated heterocycles. The van der Waals surface area contributed by atoms with Crippen LogP contribution in [0.5, 0.6) is 0 Å². The largest absolute Gasteiger partial charge is 0.480 e. The number of hydrogen-bond donors (Lipinski definition) is 2. The Balaban J connectivity index is 2.65. The quantitative estimate of drug-likeness (QED) is 0.744. The van der Waals surface area contributed by atoms with Crippen molar-refractivity contribution in [1.82, 2.24) is 5.32 Å². The first-order chi connectivity index (χ1) is 9.66. The van der Waals surface area contributed by atoms with Crippen molar-refractivity contribution in [2.75, 3.05) is 0 Å². The molecule has 0 heterocycles. The van der Waals surface area contributed by atoms with Crippen LogP contribution in [-0.4, -0.2) is 22.1 Å². The van der Waals surface area contributed by atoms with Crippen molar-refractivity contribution in [3.63, 3.8) is 0 Å². The van der Waals surface area contributed by atoms with Crippen LogP contribution in [0.3, 0.4) is 0 Å². The summed E-state index contributed by atoms with van der Waals surface area (Å²) in [5.41, 5.74) is -4.60. The monoisotopic (exact) mass is 321 g/mol. The summed E-state index contributed by atoms with van der Waals surface area (Å²) >= 11 is -0.168. The van der Waals surface area contributed by atoms with E-state index in [4.69, 9.17) is 0 Å². The maximum Gasteiger partial charge on any atom is 0.446 e. The summed E-state index contributed by atoms with van der Waals surface area (Å²) in [5.74, 6) is -0.936.